The first kappa shape index (κ1) is 12.2. The highest BCUT2D eigenvalue weighted by molar-refractivity contribution is 7.52. The summed E-state index contributed by atoms with van der Waals surface area (Å²) in [6, 6.07) is 0. The second-order valence-corrected chi connectivity index (χ2v) is 4.19. The molecule has 0 aliphatic rings. The van der Waals surface area contributed by atoms with Crippen LogP contribution >= 0.6 is 7.60 Å². The van der Waals surface area contributed by atoms with E-state index in [2.05, 4.69) is 4.52 Å². The molecule has 2 atom stereocenters. The first-order valence-corrected chi connectivity index (χ1v) is 5.56. The van der Waals surface area contributed by atoms with Crippen molar-refractivity contribution in [2.75, 3.05) is 13.0 Å². The molecule has 0 aromatic carbocycles. The summed E-state index contributed by atoms with van der Waals surface area (Å²) in [5.41, 5.74) is 0. The van der Waals surface area contributed by atoms with E-state index in [4.69, 9.17) is 17.5 Å². The molecule has 0 aliphatic carbocycles. The van der Waals surface area contributed by atoms with Crippen LogP contribution in [0.3, 0.4) is 0 Å². The van der Waals surface area contributed by atoms with Gasteiger partial charge in [0.15, 0.2) is 0 Å². The van der Waals surface area contributed by atoms with Gasteiger partial charge in [-0.2, -0.15) is 0 Å². The van der Waals surface area contributed by atoms with Crippen LogP contribution in [-0.4, -0.2) is 31.8 Å². The van der Waals surface area contributed by atoms with E-state index in [1.165, 1.54) is 0 Å². The molecule has 2 unspecified atom stereocenters. The monoisotopic (exact) mass is 192 g/mol. The van der Waals surface area contributed by atoms with Gasteiger partial charge in [-0.3, -0.25) is 4.57 Å². The van der Waals surface area contributed by atoms with Gasteiger partial charge in [0, 0.05) is 6.10 Å². The largest absolute Gasteiger partial charge is 0.367 e. The summed E-state index contributed by atoms with van der Waals surface area (Å²) in [7, 11) is 1.70. The molecule has 12 heavy (non-hydrogen) atoms. The highest BCUT2D eigenvalue weighted by Crippen LogP contribution is 2.41. The number of hydrogen-bond donors (Lipinski definition) is 1. The molecule has 0 heterocycles. The highest BCUT2D eigenvalue weighted by atomic mass is 31.2. The van der Waals surface area contributed by atoms with E-state index in [0.717, 1.165) is 0 Å². The quantitative estimate of drug-likeness (QED) is 0.506. The Morgan fingerprint density at radius 1 is 1.67 bits per heavy atom. The van der Waals surface area contributed by atoms with Gasteiger partial charge in [0.05, 0.1) is 14.5 Å². The summed E-state index contributed by atoms with van der Waals surface area (Å²) in [6.45, 7) is 3.58. The molecule has 0 spiro atoms. The molecular formula is C6H14BO4P. The first-order chi connectivity index (χ1) is 5.52. The van der Waals surface area contributed by atoms with E-state index < -0.39 is 7.60 Å². The van der Waals surface area contributed by atoms with Crippen LogP contribution in [0.15, 0.2) is 0 Å². The maximum Gasteiger partial charge on any atom is 0.353 e. The molecule has 0 aliphatic heterocycles. The van der Waals surface area contributed by atoms with Crippen molar-refractivity contribution in [1.82, 2.24) is 0 Å². The zero-order valence-electron chi connectivity index (χ0n) is 7.40. The smallest absolute Gasteiger partial charge is 0.353 e. The molecule has 0 aromatic heterocycles. The van der Waals surface area contributed by atoms with Crippen LogP contribution < -0.4 is 0 Å². The summed E-state index contributed by atoms with van der Waals surface area (Å²) >= 11 is 0. The molecule has 0 rings (SSSR count). The molecule has 6 heteroatoms. The fraction of sp³-hybridized carbons (Fsp3) is 1.00. The van der Waals surface area contributed by atoms with E-state index in [9.17, 15) is 4.57 Å². The van der Waals surface area contributed by atoms with Gasteiger partial charge in [0.2, 0.25) is 0 Å². The van der Waals surface area contributed by atoms with Crippen LogP contribution in [-0.2, 0) is 13.8 Å². The lowest BCUT2D eigenvalue weighted by Gasteiger charge is -2.14. The third-order valence-corrected chi connectivity index (χ3v) is 2.32. The molecule has 70 valence electrons. The normalized spacial score (nSPS) is 18.6. The Hall–Kier alpha value is 0.175. The van der Waals surface area contributed by atoms with Crippen molar-refractivity contribution in [3.63, 3.8) is 0 Å². The van der Waals surface area contributed by atoms with E-state index >= 15 is 0 Å². The fourth-order valence-corrected chi connectivity index (χ4v) is 1.45. The lowest BCUT2D eigenvalue weighted by molar-refractivity contribution is 0.0964. The van der Waals surface area contributed by atoms with Crippen molar-refractivity contribution in [2.45, 2.75) is 26.3 Å². The van der Waals surface area contributed by atoms with Gasteiger partial charge in [-0.05, 0) is 13.8 Å². The third-order valence-electron chi connectivity index (χ3n) is 1.18. The van der Waals surface area contributed by atoms with Crippen LogP contribution in [0, 0.1) is 0 Å². The lowest BCUT2D eigenvalue weighted by atomic mass is 10.0. The Bertz CT molecular complexity index is 164. The number of hydrogen-bond acceptors (Lipinski definition) is 3. The fourth-order valence-electron chi connectivity index (χ4n) is 0.528. The zero-order valence-corrected chi connectivity index (χ0v) is 8.29. The third kappa shape index (κ3) is 5.78. The van der Waals surface area contributed by atoms with Crippen LogP contribution in [0.2, 0.25) is 6.32 Å². The summed E-state index contributed by atoms with van der Waals surface area (Å²) in [6.07, 6.45) is -0.184. The van der Waals surface area contributed by atoms with Gasteiger partial charge in [-0.15, -0.1) is 0 Å². The zero-order chi connectivity index (χ0) is 9.61. The van der Waals surface area contributed by atoms with E-state index in [1.807, 2.05) is 0 Å². The van der Waals surface area contributed by atoms with Gasteiger partial charge in [-0.1, -0.05) is 6.32 Å². The van der Waals surface area contributed by atoms with Crippen LogP contribution in [0.1, 0.15) is 13.8 Å². The SMILES string of the molecule is [B]CC(C)OCP(=O)(O)OCC. The van der Waals surface area contributed by atoms with Gasteiger partial charge in [0.25, 0.3) is 0 Å². The summed E-state index contributed by atoms with van der Waals surface area (Å²) < 4.78 is 20.5. The average Bonchev–Trinajstić information content (AvgIpc) is 2.00. The second kappa shape index (κ2) is 5.76. The van der Waals surface area contributed by atoms with Gasteiger partial charge in [-0.25, -0.2) is 0 Å². The van der Waals surface area contributed by atoms with Crippen molar-refractivity contribution in [2.24, 2.45) is 0 Å². The Morgan fingerprint density at radius 2 is 2.25 bits per heavy atom. The Balaban J connectivity index is 3.67. The Kier molecular flexibility index (Phi) is 5.84. The lowest BCUT2D eigenvalue weighted by Crippen LogP contribution is -2.09. The van der Waals surface area contributed by atoms with E-state index in [1.54, 1.807) is 13.8 Å². The molecule has 0 saturated carbocycles. The van der Waals surface area contributed by atoms with Crippen molar-refractivity contribution in [3.05, 3.63) is 0 Å². The van der Waals surface area contributed by atoms with E-state index in [-0.39, 0.29) is 19.1 Å². The molecule has 0 aromatic rings. The van der Waals surface area contributed by atoms with Crippen LogP contribution in [0.25, 0.3) is 0 Å². The number of ether oxygens (including phenoxy) is 1. The molecule has 0 amide bonds. The van der Waals surface area contributed by atoms with Gasteiger partial charge >= 0.3 is 7.60 Å². The molecule has 1 N–H and O–H groups in total. The van der Waals surface area contributed by atoms with Crippen LogP contribution in [0.4, 0.5) is 0 Å². The minimum absolute atomic E-state index is 0.203. The van der Waals surface area contributed by atoms with Gasteiger partial charge in [0.1, 0.15) is 6.35 Å². The second-order valence-electron chi connectivity index (χ2n) is 2.40. The van der Waals surface area contributed by atoms with Gasteiger partial charge < -0.3 is 14.2 Å². The predicted molar refractivity (Wildman–Crippen MR) is 47.4 cm³/mol. The maximum atomic E-state index is 11.0. The molecule has 0 bridgehead atoms. The Morgan fingerprint density at radius 3 is 2.67 bits per heavy atom. The van der Waals surface area contributed by atoms with Crippen molar-refractivity contribution in [1.29, 1.82) is 0 Å². The molecule has 2 radical (unpaired) electrons. The summed E-state index contributed by atoms with van der Waals surface area (Å²) in [4.78, 5) is 9.03. The molecule has 4 nitrogen and oxygen atoms in total. The topological polar surface area (TPSA) is 55.8 Å². The van der Waals surface area contributed by atoms with Crippen molar-refractivity contribution in [3.8, 4) is 0 Å². The average molecular weight is 192 g/mol. The standard InChI is InChI=1S/C6H14BO4P/c1-3-11-12(8,9)5-10-6(2)4-7/h6H,3-5H2,1-2H3,(H,8,9). The van der Waals surface area contributed by atoms with Crippen molar-refractivity contribution < 1.29 is 18.7 Å². The molecule has 0 saturated heterocycles. The Labute approximate surface area is 74.2 Å². The minimum Gasteiger partial charge on any atom is -0.367 e. The van der Waals surface area contributed by atoms with Crippen molar-refractivity contribution >= 4 is 15.4 Å². The minimum atomic E-state index is -3.54. The van der Waals surface area contributed by atoms with E-state index in [0.29, 0.717) is 6.32 Å². The van der Waals surface area contributed by atoms with Crippen LogP contribution in [0.5, 0.6) is 0 Å². The maximum absolute atomic E-state index is 11.0. The predicted octanol–water partition coefficient (Wildman–Crippen LogP) is 1.16. The molecule has 0 fully saturated rings. The molecular weight excluding hydrogens is 178 g/mol. The summed E-state index contributed by atoms with van der Waals surface area (Å²) in [5.74, 6) is 0. The first-order valence-electron chi connectivity index (χ1n) is 3.80. The number of rotatable bonds is 6. The highest BCUT2D eigenvalue weighted by Gasteiger charge is 2.19. The summed E-state index contributed by atoms with van der Waals surface area (Å²) in [5, 5.41) is 0.